The molecule has 1 aromatic heterocycles. The first-order chi connectivity index (χ1) is 8.11. The van der Waals surface area contributed by atoms with E-state index in [2.05, 4.69) is 16.9 Å². The van der Waals surface area contributed by atoms with Crippen molar-refractivity contribution in [3.05, 3.63) is 23.3 Å². The van der Waals surface area contributed by atoms with E-state index in [0.29, 0.717) is 5.92 Å². The second-order valence-electron chi connectivity index (χ2n) is 5.23. The number of rotatable bonds is 3. The Bertz CT molecular complexity index is 390. The fraction of sp³-hybridized carbons (Fsp3) is 0.714. The number of hydrogen-bond acceptors (Lipinski definition) is 3. The maximum atomic E-state index is 9.56. The molecule has 17 heavy (non-hydrogen) atoms. The molecule has 94 valence electrons. The minimum absolute atomic E-state index is 0.476. The van der Waals surface area contributed by atoms with Crippen LogP contribution in [0, 0.1) is 12.8 Å². The largest absolute Gasteiger partial charge is 0.389 e. The number of hydrogen-bond donors (Lipinski definition) is 1. The minimum Gasteiger partial charge on any atom is -0.389 e. The highest BCUT2D eigenvalue weighted by Gasteiger charge is 2.27. The Morgan fingerprint density at radius 1 is 1.47 bits per heavy atom. The Hall–Kier alpha value is -0.960. The predicted octanol–water partition coefficient (Wildman–Crippen LogP) is 3.13. The Balaban J connectivity index is 2.15. The summed E-state index contributed by atoms with van der Waals surface area (Å²) in [6.07, 6.45) is 6.33. The maximum absolute atomic E-state index is 9.56. The third kappa shape index (κ3) is 2.65. The molecule has 1 aliphatic rings. The van der Waals surface area contributed by atoms with Crippen LogP contribution in [0.1, 0.15) is 68.6 Å². The third-order valence-corrected chi connectivity index (χ3v) is 3.97. The Kier molecular flexibility index (Phi) is 3.77. The Morgan fingerprint density at radius 2 is 2.24 bits per heavy atom. The standard InChI is InChI=1S/C14H22N2O/c1-4-11-5-6-12(7-11)14-15-8-13(10(3)17)9(2)16-14/h8,10-12,17H,4-7H2,1-3H3. The van der Waals surface area contributed by atoms with Gasteiger partial charge in [-0.25, -0.2) is 9.97 Å². The Morgan fingerprint density at radius 3 is 2.76 bits per heavy atom. The van der Waals surface area contributed by atoms with Gasteiger partial charge in [-0.15, -0.1) is 0 Å². The van der Waals surface area contributed by atoms with E-state index in [4.69, 9.17) is 0 Å². The van der Waals surface area contributed by atoms with Crippen LogP contribution >= 0.6 is 0 Å². The molecule has 1 N–H and O–H groups in total. The average molecular weight is 234 g/mol. The van der Waals surface area contributed by atoms with Gasteiger partial charge in [0.25, 0.3) is 0 Å². The van der Waals surface area contributed by atoms with Crippen LogP contribution < -0.4 is 0 Å². The van der Waals surface area contributed by atoms with Crippen molar-refractivity contribution in [2.24, 2.45) is 5.92 Å². The minimum atomic E-state index is -0.476. The summed E-state index contributed by atoms with van der Waals surface area (Å²) in [5, 5.41) is 9.56. The molecule has 1 fully saturated rings. The van der Waals surface area contributed by atoms with Crippen molar-refractivity contribution >= 4 is 0 Å². The van der Waals surface area contributed by atoms with Crippen molar-refractivity contribution < 1.29 is 5.11 Å². The lowest BCUT2D eigenvalue weighted by Crippen LogP contribution is -2.06. The number of aromatic nitrogens is 2. The first-order valence-corrected chi connectivity index (χ1v) is 6.63. The van der Waals surface area contributed by atoms with Crippen LogP contribution in [0.25, 0.3) is 0 Å². The highest BCUT2D eigenvalue weighted by molar-refractivity contribution is 5.19. The molecule has 3 heteroatoms. The van der Waals surface area contributed by atoms with Crippen LogP contribution in [0.5, 0.6) is 0 Å². The highest BCUT2D eigenvalue weighted by Crippen LogP contribution is 2.38. The van der Waals surface area contributed by atoms with Crippen molar-refractivity contribution in [2.45, 2.75) is 58.5 Å². The summed E-state index contributed by atoms with van der Waals surface area (Å²) in [5.41, 5.74) is 1.77. The molecule has 1 aliphatic carbocycles. The quantitative estimate of drug-likeness (QED) is 0.874. The van der Waals surface area contributed by atoms with E-state index >= 15 is 0 Å². The van der Waals surface area contributed by atoms with Gasteiger partial charge < -0.3 is 5.11 Å². The number of nitrogens with zero attached hydrogens (tertiary/aromatic N) is 2. The van der Waals surface area contributed by atoms with Crippen molar-refractivity contribution in [3.8, 4) is 0 Å². The Labute approximate surface area is 103 Å². The van der Waals surface area contributed by atoms with Gasteiger partial charge in [0.1, 0.15) is 5.82 Å². The van der Waals surface area contributed by atoms with E-state index in [1.165, 1.54) is 25.7 Å². The molecule has 0 radical (unpaired) electrons. The first-order valence-electron chi connectivity index (χ1n) is 6.63. The van der Waals surface area contributed by atoms with E-state index in [-0.39, 0.29) is 0 Å². The predicted molar refractivity (Wildman–Crippen MR) is 67.8 cm³/mol. The lowest BCUT2D eigenvalue weighted by molar-refractivity contribution is 0.197. The molecule has 1 heterocycles. The molecule has 3 nitrogen and oxygen atoms in total. The van der Waals surface area contributed by atoms with E-state index in [1.807, 2.05) is 6.92 Å². The fourth-order valence-corrected chi connectivity index (χ4v) is 2.78. The van der Waals surface area contributed by atoms with Gasteiger partial charge in [0.2, 0.25) is 0 Å². The van der Waals surface area contributed by atoms with Gasteiger partial charge in [0, 0.05) is 23.4 Å². The summed E-state index contributed by atoms with van der Waals surface area (Å²) >= 11 is 0. The highest BCUT2D eigenvalue weighted by atomic mass is 16.3. The monoisotopic (exact) mass is 234 g/mol. The molecular formula is C14H22N2O. The average Bonchev–Trinajstić information content (AvgIpc) is 2.76. The van der Waals surface area contributed by atoms with Gasteiger partial charge in [-0.05, 0) is 39.0 Å². The molecule has 3 atom stereocenters. The maximum Gasteiger partial charge on any atom is 0.131 e. The molecule has 0 amide bonds. The normalized spacial score (nSPS) is 26.1. The van der Waals surface area contributed by atoms with Gasteiger partial charge in [-0.3, -0.25) is 0 Å². The molecule has 1 aromatic rings. The van der Waals surface area contributed by atoms with E-state index < -0.39 is 6.10 Å². The number of aryl methyl sites for hydroxylation is 1. The summed E-state index contributed by atoms with van der Waals surface area (Å²) in [6, 6.07) is 0. The lowest BCUT2D eigenvalue weighted by atomic mass is 10.0. The van der Waals surface area contributed by atoms with Crippen LogP contribution in [0.15, 0.2) is 6.20 Å². The molecule has 0 bridgehead atoms. The van der Waals surface area contributed by atoms with Crippen LogP contribution in [0.2, 0.25) is 0 Å². The summed E-state index contributed by atoms with van der Waals surface area (Å²) < 4.78 is 0. The van der Waals surface area contributed by atoms with Crippen molar-refractivity contribution in [1.82, 2.24) is 9.97 Å². The fourth-order valence-electron chi connectivity index (χ4n) is 2.78. The molecule has 1 saturated carbocycles. The van der Waals surface area contributed by atoms with E-state index in [0.717, 1.165) is 23.0 Å². The number of aliphatic hydroxyl groups is 1. The second kappa shape index (κ2) is 5.13. The SMILES string of the molecule is CCC1CCC(c2ncc(C(C)O)c(C)n2)C1. The van der Waals surface area contributed by atoms with Crippen LogP contribution in [-0.2, 0) is 0 Å². The zero-order chi connectivity index (χ0) is 12.4. The third-order valence-electron chi connectivity index (χ3n) is 3.97. The van der Waals surface area contributed by atoms with Crippen molar-refractivity contribution in [1.29, 1.82) is 0 Å². The van der Waals surface area contributed by atoms with Gasteiger partial charge >= 0.3 is 0 Å². The zero-order valence-corrected chi connectivity index (χ0v) is 11.0. The zero-order valence-electron chi connectivity index (χ0n) is 11.0. The summed E-state index contributed by atoms with van der Waals surface area (Å²) in [7, 11) is 0. The number of aliphatic hydroxyl groups excluding tert-OH is 1. The van der Waals surface area contributed by atoms with Gasteiger partial charge in [-0.2, -0.15) is 0 Å². The van der Waals surface area contributed by atoms with Crippen LogP contribution in [0.4, 0.5) is 0 Å². The molecular weight excluding hydrogens is 212 g/mol. The van der Waals surface area contributed by atoms with Crippen molar-refractivity contribution in [3.63, 3.8) is 0 Å². The van der Waals surface area contributed by atoms with Crippen LogP contribution in [0.3, 0.4) is 0 Å². The molecule has 2 rings (SSSR count). The molecule has 0 aromatic carbocycles. The molecule has 0 aliphatic heterocycles. The van der Waals surface area contributed by atoms with Gasteiger partial charge in [0.05, 0.1) is 6.10 Å². The topological polar surface area (TPSA) is 46.0 Å². The summed E-state index contributed by atoms with van der Waals surface area (Å²) in [6.45, 7) is 5.98. The van der Waals surface area contributed by atoms with Gasteiger partial charge in [-0.1, -0.05) is 13.3 Å². The second-order valence-corrected chi connectivity index (χ2v) is 5.23. The molecule has 0 saturated heterocycles. The first kappa shape index (κ1) is 12.5. The smallest absolute Gasteiger partial charge is 0.131 e. The van der Waals surface area contributed by atoms with Crippen LogP contribution in [-0.4, -0.2) is 15.1 Å². The van der Waals surface area contributed by atoms with Crippen molar-refractivity contribution in [2.75, 3.05) is 0 Å². The van der Waals surface area contributed by atoms with E-state index in [9.17, 15) is 5.11 Å². The lowest BCUT2D eigenvalue weighted by Gasteiger charge is -2.13. The molecule has 0 spiro atoms. The summed E-state index contributed by atoms with van der Waals surface area (Å²) in [4.78, 5) is 9.01. The van der Waals surface area contributed by atoms with E-state index in [1.54, 1.807) is 13.1 Å². The molecule has 3 unspecified atom stereocenters. The van der Waals surface area contributed by atoms with Gasteiger partial charge in [0.15, 0.2) is 0 Å². The summed E-state index contributed by atoms with van der Waals surface area (Å²) in [5.74, 6) is 2.35.